The average molecular weight is 420 g/mol. The fraction of sp³-hybridized carbons (Fsp3) is 0.261. The van der Waals surface area contributed by atoms with E-state index in [1.807, 2.05) is 24.3 Å². The van der Waals surface area contributed by atoms with Crippen LogP contribution in [0.25, 0.3) is 22.4 Å². The lowest BCUT2D eigenvalue weighted by Gasteiger charge is -2.42. The lowest BCUT2D eigenvalue weighted by Crippen LogP contribution is -2.52. The molecule has 1 fully saturated rings. The molecule has 0 amide bonds. The first-order valence-electron chi connectivity index (χ1n) is 10.0. The van der Waals surface area contributed by atoms with Crippen LogP contribution >= 0.6 is 11.6 Å². The highest BCUT2D eigenvalue weighted by Crippen LogP contribution is 2.34. The van der Waals surface area contributed by atoms with Gasteiger partial charge in [-0.25, -0.2) is 4.98 Å². The number of halogens is 1. The summed E-state index contributed by atoms with van der Waals surface area (Å²) < 4.78 is 5.52. The SMILES string of the molecule is Cc1cccc(N2CCN(c3ncnc4onc(-c5ccc(Cl)cc5)c34)CC2C)c1. The van der Waals surface area contributed by atoms with E-state index in [4.69, 9.17) is 16.1 Å². The first-order valence-corrected chi connectivity index (χ1v) is 10.4. The van der Waals surface area contributed by atoms with Gasteiger partial charge in [-0.1, -0.05) is 41.0 Å². The number of hydrogen-bond acceptors (Lipinski definition) is 6. The van der Waals surface area contributed by atoms with E-state index in [9.17, 15) is 0 Å². The molecule has 0 N–H and O–H groups in total. The molecule has 5 rings (SSSR count). The Kier molecular flexibility index (Phi) is 4.79. The molecule has 1 aliphatic heterocycles. The Bertz CT molecular complexity index is 1190. The van der Waals surface area contributed by atoms with Gasteiger partial charge in [0.05, 0.1) is 0 Å². The van der Waals surface area contributed by atoms with E-state index in [0.29, 0.717) is 16.8 Å². The van der Waals surface area contributed by atoms with Crippen LogP contribution in [0.1, 0.15) is 12.5 Å². The molecule has 0 aliphatic carbocycles. The third-order valence-electron chi connectivity index (χ3n) is 5.63. The molecular weight excluding hydrogens is 398 g/mol. The number of rotatable bonds is 3. The van der Waals surface area contributed by atoms with Gasteiger partial charge in [0.1, 0.15) is 23.2 Å². The molecular formula is C23H22ClN5O. The van der Waals surface area contributed by atoms with Crippen LogP contribution in [0.2, 0.25) is 5.02 Å². The van der Waals surface area contributed by atoms with Crippen molar-refractivity contribution in [2.45, 2.75) is 19.9 Å². The van der Waals surface area contributed by atoms with Gasteiger partial charge in [-0.3, -0.25) is 0 Å². The zero-order valence-electron chi connectivity index (χ0n) is 16.9. The molecule has 0 radical (unpaired) electrons. The third kappa shape index (κ3) is 3.37. The topological polar surface area (TPSA) is 58.3 Å². The van der Waals surface area contributed by atoms with Crippen molar-refractivity contribution >= 4 is 34.2 Å². The second-order valence-corrected chi connectivity index (χ2v) is 8.18. The van der Waals surface area contributed by atoms with E-state index >= 15 is 0 Å². The smallest absolute Gasteiger partial charge is 0.263 e. The number of aryl methyl sites for hydroxylation is 1. The van der Waals surface area contributed by atoms with Crippen molar-refractivity contribution in [2.24, 2.45) is 0 Å². The zero-order chi connectivity index (χ0) is 20.7. The normalized spacial score (nSPS) is 17.0. The van der Waals surface area contributed by atoms with Gasteiger partial charge in [0, 0.05) is 41.9 Å². The summed E-state index contributed by atoms with van der Waals surface area (Å²) in [5.74, 6) is 0.863. The Labute approximate surface area is 180 Å². The fourth-order valence-corrected chi connectivity index (χ4v) is 4.28. The molecule has 1 atom stereocenters. The maximum atomic E-state index is 6.05. The second kappa shape index (κ2) is 7.61. The molecule has 1 saturated heterocycles. The molecule has 30 heavy (non-hydrogen) atoms. The Morgan fingerprint density at radius 1 is 1.07 bits per heavy atom. The van der Waals surface area contributed by atoms with Crippen molar-refractivity contribution in [2.75, 3.05) is 29.4 Å². The molecule has 3 heterocycles. The van der Waals surface area contributed by atoms with Gasteiger partial charge < -0.3 is 14.3 Å². The monoisotopic (exact) mass is 419 g/mol. The number of aromatic nitrogens is 3. The van der Waals surface area contributed by atoms with Crippen LogP contribution in [0.3, 0.4) is 0 Å². The Morgan fingerprint density at radius 3 is 2.67 bits per heavy atom. The molecule has 152 valence electrons. The first kappa shape index (κ1) is 18.9. The van der Waals surface area contributed by atoms with Crippen molar-refractivity contribution in [3.05, 3.63) is 65.4 Å². The van der Waals surface area contributed by atoms with E-state index in [1.54, 1.807) is 6.33 Å². The molecule has 0 spiro atoms. The molecule has 7 heteroatoms. The second-order valence-electron chi connectivity index (χ2n) is 7.74. The van der Waals surface area contributed by atoms with Crippen LogP contribution < -0.4 is 9.80 Å². The van der Waals surface area contributed by atoms with Gasteiger partial charge in [-0.05, 0) is 43.7 Å². The molecule has 6 nitrogen and oxygen atoms in total. The van der Waals surface area contributed by atoms with Crippen molar-refractivity contribution in [3.8, 4) is 11.3 Å². The van der Waals surface area contributed by atoms with Gasteiger partial charge in [-0.15, -0.1) is 0 Å². The van der Waals surface area contributed by atoms with E-state index in [2.05, 4.69) is 63.0 Å². The van der Waals surface area contributed by atoms with Crippen LogP contribution in [-0.2, 0) is 0 Å². The van der Waals surface area contributed by atoms with E-state index in [-0.39, 0.29) is 0 Å². The van der Waals surface area contributed by atoms with Crippen LogP contribution in [0.4, 0.5) is 11.5 Å². The number of fused-ring (bicyclic) bond motifs is 1. The summed E-state index contributed by atoms with van der Waals surface area (Å²) in [4.78, 5) is 13.7. The Balaban J connectivity index is 1.48. The highest BCUT2D eigenvalue weighted by molar-refractivity contribution is 6.30. The summed E-state index contributed by atoms with van der Waals surface area (Å²) in [6.45, 7) is 7.01. The summed E-state index contributed by atoms with van der Waals surface area (Å²) in [6.07, 6.45) is 1.55. The summed E-state index contributed by atoms with van der Waals surface area (Å²) in [7, 11) is 0. The van der Waals surface area contributed by atoms with Gasteiger partial charge >= 0.3 is 0 Å². The largest absolute Gasteiger partial charge is 0.365 e. The molecule has 2 aromatic carbocycles. The highest BCUT2D eigenvalue weighted by Gasteiger charge is 2.28. The minimum Gasteiger partial charge on any atom is -0.365 e. The molecule has 0 bridgehead atoms. The maximum absolute atomic E-state index is 6.05. The van der Waals surface area contributed by atoms with Gasteiger partial charge in [0.25, 0.3) is 5.71 Å². The summed E-state index contributed by atoms with van der Waals surface area (Å²) in [5, 5.41) is 5.81. The van der Waals surface area contributed by atoms with E-state index < -0.39 is 0 Å². The van der Waals surface area contributed by atoms with Crippen molar-refractivity contribution in [1.29, 1.82) is 0 Å². The zero-order valence-corrected chi connectivity index (χ0v) is 17.7. The summed E-state index contributed by atoms with van der Waals surface area (Å²) >= 11 is 6.05. The number of benzene rings is 2. The third-order valence-corrected chi connectivity index (χ3v) is 5.88. The Hall–Kier alpha value is -3.12. The minimum atomic E-state index is 0.337. The van der Waals surface area contributed by atoms with E-state index in [0.717, 1.165) is 42.1 Å². The lowest BCUT2D eigenvalue weighted by atomic mass is 10.1. The highest BCUT2D eigenvalue weighted by atomic mass is 35.5. The van der Waals surface area contributed by atoms with Crippen LogP contribution in [0, 0.1) is 6.92 Å². The maximum Gasteiger partial charge on any atom is 0.263 e. The number of hydrogen-bond donors (Lipinski definition) is 0. The first-order chi connectivity index (χ1) is 14.6. The average Bonchev–Trinajstić information content (AvgIpc) is 3.18. The van der Waals surface area contributed by atoms with Crippen LogP contribution in [0.15, 0.2) is 59.4 Å². The minimum absolute atomic E-state index is 0.337. The molecule has 1 unspecified atom stereocenters. The molecule has 2 aromatic heterocycles. The standard InChI is InChI=1S/C23H22ClN5O/c1-15-4-3-5-19(12-15)29-11-10-28(13-16(29)2)22-20-21(17-6-8-18(24)9-7-17)27-30-23(20)26-14-25-22/h3-9,12,14,16H,10-11,13H2,1-2H3. The van der Waals surface area contributed by atoms with E-state index in [1.165, 1.54) is 11.3 Å². The lowest BCUT2D eigenvalue weighted by molar-refractivity contribution is 0.451. The van der Waals surface area contributed by atoms with Crippen molar-refractivity contribution in [3.63, 3.8) is 0 Å². The number of anilines is 2. The van der Waals surface area contributed by atoms with Crippen LogP contribution in [-0.4, -0.2) is 40.8 Å². The quantitative estimate of drug-likeness (QED) is 0.467. The van der Waals surface area contributed by atoms with Crippen molar-refractivity contribution < 1.29 is 4.52 Å². The number of piperazine rings is 1. The molecule has 1 aliphatic rings. The Morgan fingerprint density at radius 2 is 1.90 bits per heavy atom. The van der Waals surface area contributed by atoms with Gasteiger partial charge in [-0.2, -0.15) is 4.98 Å². The molecule has 0 saturated carbocycles. The van der Waals surface area contributed by atoms with Gasteiger partial charge in [0.2, 0.25) is 0 Å². The van der Waals surface area contributed by atoms with Crippen LogP contribution in [0.5, 0.6) is 0 Å². The van der Waals surface area contributed by atoms with Crippen molar-refractivity contribution in [1.82, 2.24) is 15.1 Å². The van der Waals surface area contributed by atoms with Gasteiger partial charge in [0.15, 0.2) is 0 Å². The number of nitrogens with zero attached hydrogens (tertiary/aromatic N) is 5. The summed E-state index contributed by atoms with van der Waals surface area (Å²) in [6, 6.07) is 16.6. The summed E-state index contributed by atoms with van der Waals surface area (Å²) in [5.41, 5.74) is 4.71. The molecule has 4 aromatic rings. The predicted molar refractivity (Wildman–Crippen MR) is 120 cm³/mol. The predicted octanol–water partition coefficient (Wildman–Crippen LogP) is 4.96. The fourth-order valence-electron chi connectivity index (χ4n) is 4.16.